The first-order chi connectivity index (χ1) is 13.7. The number of Topliss-reactive ketones (excluding diaryl/α,β-unsaturated/α-hetero) is 1. The van der Waals surface area contributed by atoms with Crippen molar-refractivity contribution in [2.45, 2.75) is 44.8 Å². The Bertz CT molecular complexity index is 1020. The van der Waals surface area contributed by atoms with Crippen molar-refractivity contribution in [2.75, 3.05) is 5.75 Å². The number of aromatic hydroxyl groups is 2. The Labute approximate surface area is 174 Å². The van der Waals surface area contributed by atoms with E-state index in [0.717, 1.165) is 17.5 Å². The quantitative estimate of drug-likeness (QED) is 0.453. The summed E-state index contributed by atoms with van der Waals surface area (Å²) < 4.78 is 1.97. The number of aromatic nitrogens is 3. The number of nitrogens with zero attached hydrogens (tertiary/aromatic N) is 3. The van der Waals surface area contributed by atoms with Crippen LogP contribution in [0.3, 0.4) is 0 Å². The van der Waals surface area contributed by atoms with Crippen LogP contribution in [0.4, 0.5) is 0 Å². The summed E-state index contributed by atoms with van der Waals surface area (Å²) in [7, 11) is 0. The molecule has 0 atom stereocenters. The minimum Gasteiger partial charge on any atom is -0.508 e. The van der Waals surface area contributed by atoms with Gasteiger partial charge < -0.3 is 14.8 Å². The maximum Gasteiger partial charge on any atom is 0.191 e. The lowest BCUT2D eigenvalue weighted by Crippen LogP contribution is -2.10. The number of hydrogen-bond donors (Lipinski definition) is 2. The van der Waals surface area contributed by atoms with Crippen LogP contribution in [0, 0.1) is 0 Å². The van der Waals surface area contributed by atoms with Gasteiger partial charge in [0.2, 0.25) is 0 Å². The highest BCUT2D eigenvalue weighted by atomic mass is 32.2. The molecule has 1 heterocycles. The normalized spacial score (nSPS) is 11.6. The third-order valence-electron chi connectivity index (χ3n) is 4.66. The zero-order valence-electron chi connectivity index (χ0n) is 17.0. The number of ketones is 1. The Morgan fingerprint density at radius 1 is 1.07 bits per heavy atom. The summed E-state index contributed by atoms with van der Waals surface area (Å²) in [6.07, 6.45) is 0. The SMILES string of the molecule is CCn1c(SCC(=O)c2ccc(O)cc2O)nnc1-c1ccc(C(C)(C)C)cc1. The molecule has 2 aromatic carbocycles. The first kappa shape index (κ1) is 20.9. The van der Waals surface area contributed by atoms with E-state index in [4.69, 9.17) is 0 Å². The Kier molecular flexibility index (Phi) is 5.98. The molecule has 0 fully saturated rings. The summed E-state index contributed by atoms with van der Waals surface area (Å²) in [5, 5.41) is 28.5. The van der Waals surface area contributed by atoms with Crippen molar-refractivity contribution < 1.29 is 15.0 Å². The molecule has 0 aliphatic heterocycles. The van der Waals surface area contributed by atoms with Crippen molar-refractivity contribution in [3.8, 4) is 22.9 Å². The Hall–Kier alpha value is -2.80. The molecule has 0 aliphatic carbocycles. The molecule has 6 nitrogen and oxygen atoms in total. The van der Waals surface area contributed by atoms with E-state index < -0.39 is 0 Å². The number of benzene rings is 2. The van der Waals surface area contributed by atoms with Crippen LogP contribution in [0.15, 0.2) is 47.6 Å². The van der Waals surface area contributed by atoms with Gasteiger partial charge >= 0.3 is 0 Å². The van der Waals surface area contributed by atoms with Crippen LogP contribution in [-0.4, -0.2) is 36.5 Å². The van der Waals surface area contributed by atoms with Crippen molar-refractivity contribution in [3.63, 3.8) is 0 Å². The van der Waals surface area contributed by atoms with Crippen molar-refractivity contribution >= 4 is 17.5 Å². The Morgan fingerprint density at radius 2 is 1.76 bits per heavy atom. The van der Waals surface area contributed by atoms with Gasteiger partial charge in [0.1, 0.15) is 11.5 Å². The minimum atomic E-state index is -0.241. The molecule has 0 aliphatic rings. The van der Waals surface area contributed by atoms with Gasteiger partial charge in [0.25, 0.3) is 0 Å². The maximum absolute atomic E-state index is 12.4. The van der Waals surface area contributed by atoms with E-state index in [-0.39, 0.29) is 34.0 Å². The molecule has 0 amide bonds. The van der Waals surface area contributed by atoms with Gasteiger partial charge in [-0.3, -0.25) is 4.79 Å². The van der Waals surface area contributed by atoms with Crippen LogP contribution in [0.5, 0.6) is 11.5 Å². The molecule has 0 spiro atoms. The lowest BCUT2D eigenvalue weighted by atomic mass is 9.87. The van der Waals surface area contributed by atoms with Gasteiger partial charge in [-0.15, -0.1) is 10.2 Å². The molecule has 29 heavy (non-hydrogen) atoms. The third kappa shape index (κ3) is 4.62. The Morgan fingerprint density at radius 3 is 2.34 bits per heavy atom. The average molecular weight is 412 g/mol. The number of carbonyl (C=O) groups is 1. The topological polar surface area (TPSA) is 88.2 Å². The molecule has 0 bridgehead atoms. The predicted octanol–water partition coefficient (Wildman–Crippen LogP) is 4.65. The van der Waals surface area contributed by atoms with E-state index in [0.29, 0.717) is 11.7 Å². The van der Waals surface area contributed by atoms with Crippen LogP contribution in [-0.2, 0) is 12.0 Å². The van der Waals surface area contributed by atoms with Crippen molar-refractivity contribution in [3.05, 3.63) is 53.6 Å². The fraction of sp³-hybridized carbons (Fsp3) is 0.318. The van der Waals surface area contributed by atoms with Gasteiger partial charge in [-0.1, -0.05) is 56.8 Å². The van der Waals surface area contributed by atoms with Gasteiger partial charge in [-0.2, -0.15) is 0 Å². The number of phenolic OH excluding ortho intramolecular Hbond substituents is 2. The summed E-state index contributed by atoms with van der Waals surface area (Å²) >= 11 is 1.28. The summed E-state index contributed by atoms with van der Waals surface area (Å²) in [5.41, 5.74) is 2.48. The fourth-order valence-corrected chi connectivity index (χ4v) is 3.86. The Balaban J connectivity index is 1.78. The second-order valence-corrected chi connectivity index (χ2v) is 8.73. The first-order valence-electron chi connectivity index (χ1n) is 9.42. The number of thioether (sulfide) groups is 1. The van der Waals surface area contributed by atoms with Crippen molar-refractivity contribution in [2.24, 2.45) is 0 Å². The highest BCUT2D eigenvalue weighted by Gasteiger charge is 2.18. The zero-order chi connectivity index (χ0) is 21.2. The predicted molar refractivity (Wildman–Crippen MR) is 115 cm³/mol. The van der Waals surface area contributed by atoms with E-state index in [2.05, 4.69) is 43.1 Å². The molecule has 3 aromatic rings. The standard InChI is InChI=1S/C22H25N3O3S/c1-5-25-20(14-6-8-15(9-7-14)22(2,3)4)23-24-21(25)29-13-19(28)17-11-10-16(26)12-18(17)27/h6-12,26-27H,5,13H2,1-4H3. The number of carbonyl (C=O) groups excluding carboxylic acids is 1. The van der Waals surface area contributed by atoms with E-state index >= 15 is 0 Å². The van der Waals surface area contributed by atoms with Gasteiger partial charge in [-0.25, -0.2) is 0 Å². The summed E-state index contributed by atoms with van der Waals surface area (Å²) in [5.74, 6) is 0.316. The molecule has 0 unspecified atom stereocenters. The zero-order valence-corrected chi connectivity index (χ0v) is 17.8. The average Bonchev–Trinajstić information content (AvgIpc) is 3.08. The number of phenols is 2. The molecule has 2 N–H and O–H groups in total. The van der Waals surface area contributed by atoms with Crippen molar-refractivity contribution in [1.29, 1.82) is 0 Å². The van der Waals surface area contributed by atoms with Gasteiger partial charge in [0.05, 0.1) is 11.3 Å². The van der Waals surface area contributed by atoms with Crippen molar-refractivity contribution in [1.82, 2.24) is 14.8 Å². The number of hydrogen-bond acceptors (Lipinski definition) is 6. The summed E-state index contributed by atoms with van der Waals surface area (Å²) in [6, 6.07) is 12.3. The number of rotatable bonds is 6. The second kappa shape index (κ2) is 8.29. The second-order valence-electron chi connectivity index (χ2n) is 7.79. The highest BCUT2D eigenvalue weighted by Crippen LogP contribution is 2.29. The van der Waals surface area contributed by atoms with Crippen LogP contribution in [0.1, 0.15) is 43.6 Å². The molecular formula is C22H25N3O3S. The smallest absolute Gasteiger partial charge is 0.191 e. The molecule has 0 radical (unpaired) electrons. The van der Waals surface area contributed by atoms with Gasteiger partial charge in [0.15, 0.2) is 16.8 Å². The first-order valence-corrected chi connectivity index (χ1v) is 10.4. The third-order valence-corrected chi connectivity index (χ3v) is 5.62. The van der Waals surface area contributed by atoms with Gasteiger partial charge in [-0.05, 0) is 30.0 Å². The van der Waals surface area contributed by atoms with Crippen LogP contribution in [0.25, 0.3) is 11.4 Å². The molecule has 152 valence electrons. The lowest BCUT2D eigenvalue weighted by molar-refractivity contribution is 0.102. The summed E-state index contributed by atoms with van der Waals surface area (Å²) in [4.78, 5) is 12.4. The van der Waals surface area contributed by atoms with E-state index in [1.807, 2.05) is 23.6 Å². The molecule has 0 saturated heterocycles. The van der Waals surface area contributed by atoms with Crippen LogP contribution in [0.2, 0.25) is 0 Å². The monoisotopic (exact) mass is 411 g/mol. The molecular weight excluding hydrogens is 386 g/mol. The van der Waals surface area contributed by atoms with Crippen LogP contribution < -0.4 is 0 Å². The molecule has 3 rings (SSSR count). The lowest BCUT2D eigenvalue weighted by Gasteiger charge is -2.19. The molecule has 1 aromatic heterocycles. The highest BCUT2D eigenvalue weighted by molar-refractivity contribution is 7.99. The van der Waals surface area contributed by atoms with E-state index in [9.17, 15) is 15.0 Å². The molecule has 0 saturated carbocycles. The molecule has 7 heteroatoms. The summed E-state index contributed by atoms with van der Waals surface area (Å²) in [6.45, 7) is 9.20. The maximum atomic E-state index is 12.4. The van der Waals surface area contributed by atoms with Crippen LogP contribution >= 0.6 is 11.8 Å². The van der Waals surface area contributed by atoms with Gasteiger partial charge in [0, 0.05) is 18.2 Å². The van der Waals surface area contributed by atoms with E-state index in [1.54, 1.807) is 0 Å². The fourth-order valence-electron chi connectivity index (χ4n) is 2.98. The minimum absolute atomic E-state index is 0.0815. The largest absolute Gasteiger partial charge is 0.508 e. The van der Waals surface area contributed by atoms with E-state index in [1.165, 1.54) is 29.5 Å².